The second-order valence-electron chi connectivity index (χ2n) is 4.68. The van der Waals surface area contributed by atoms with E-state index in [2.05, 4.69) is 10.3 Å². The molecule has 2 N–H and O–H groups in total. The minimum absolute atomic E-state index is 0.293. The highest BCUT2D eigenvalue weighted by atomic mass is 35.5. The Labute approximate surface area is 133 Å². The minimum atomic E-state index is 0.293. The summed E-state index contributed by atoms with van der Waals surface area (Å²) in [4.78, 5) is 0. The molecule has 3 aromatic rings. The van der Waals surface area contributed by atoms with Gasteiger partial charge in [-0.2, -0.15) is 0 Å². The van der Waals surface area contributed by atoms with Gasteiger partial charge in [0.15, 0.2) is 0 Å². The van der Waals surface area contributed by atoms with Gasteiger partial charge in [-0.05, 0) is 36.4 Å². The lowest BCUT2D eigenvalue weighted by Crippen LogP contribution is -2.03. The average molecular weight is 315 g/mol. The van der Waals surface area contributed by atoms with Crippen LogP contribution in [0.5, 0.6) is 5.75 Å². The molecule has 1 heterocycles. The molecule has 0 fully saturated rings. The molecule has 0 amide bonds. The van der Waals surface area contributed by atoms with Crippen molar-refractivity contribution < 1.29 is 4.74 Å². The van der Waals surface area contributed by atoms with E-state index in [-0.39, 0.29) is 0 Å². The van der Waals surface area contributed by atoms with E-state index in [9.17, 15) is 0 Å². The zero-order valence-electron chi connectivity index (χ0n) is 12.0. The molecule has 0 unspecified atom stereocenters. The van der Waals surface area contributed by atoms with E-state index in [1.165, 1.54) is 0 Å². The SMILES string of the molecule is COc1ccccc1-c1c(CN)nnn1-c1ccc(Cl)cc1. The summed E-state index contributed by atoms with van der Waals surface area (Å²) in [5.41, 5.74) is 9.10. The van der Waals surface area contributed by atoms with Crippen LogP contribution in [-0.4, -0.2) is 22.1 Å². The molecule has 22 heavy (non-hydrogen) atoms. The smallest absolute Gasteiger partial charge is 0.128 e. The van der Waals surface area contributed by atoms with Gasteiger partial charge in [-0.15, -0.1) is 5.10 Å². The van der Waals surface area contributed by atoms with E-state index in [1.54, 1.807) is 11.8 Å². The molecule has 0 atom stereocenters. The van der Waals surface area contributed by atoms with Crippen LogP contribution >= 0.6 is 11.6 Å². The van der Waals surface area contributed by atoms with Crippen LogP contribution in [0.25, 0.3) is 16.9 Å². The van der Waals surface area contributed by atoms with E-state index < -0.39 is 0 Å². The van der Waals surface area contributed by atoms with E-state index in [0.717, 1.165) is 22.7 Å². The Balaban J connectivity index is 2.22. The molecule has 0 saturated carbocycles. The third-order valence-corrected chi connectivity index (χ3v) is 3.62. The maximum atomic E-state index is 5.95. The summed E-state index contributed by atoms with van der Waals surface area (Å²) in [5.74, 6) is 0.745. The van der Waals surface area contributed by atoms with Crippen LogP contribution in [0.1, 0.15) is 5.69 Å². The van der Waals surface area contributed by atoms with Crippen LogP contribution in [0.2, 0.25) is 5.02 Å². The molecule has 0 spiro atoms. The summed E-state index contributed by atoms with van der Waals surface area (Å²) >= 11 is 5.95. The van der Waals surface area contributed by atoms with Crippen molar-refractivity contribution in [3.05, 3.63) is 59.2 Å². The lowest BCUT2D eigenvalue weighted by molar-refractivity contribution is 0.416. The second kappa shape index (κ2) is 6.17. The van der Waals surface area contributed by atoms with Crippen molar-refractivity contribution in [3.8, 4) is 22.7 Å². The van der Waals surface area contributed by atoms with Gasteiger partial charge in [0.25, 0.3) is 0 Å². The average Bonchev–Trinajstić information content (AvgIpc) is 2.99. The van der Waals surface area contributed by atoms with E-state index in [1.807, 2.05) is 48.5 Å². The van der Waals surface area contributed by atoms with Crippen molar-refractivity contribution in [1.29, 1.82) is 0 Å². The first-order valence-corrected chi connectivity index (χ1v) is 7.16. The highest BCUT2D eigenvalue weighted by Crippen LogP contribution is 2.32. The summed E-state index contributed by atoms with van der Waals surface area (Å²) in [5, 5.41) is 9.08. The second-order valence-corrected chi connectivity index (χ2v) is 5.11. The van der Waals surface area contributed by atoms with Crippen molar-refractivity contribution >= 4 is 11.6 Å². The van der Waals surface area contributed by atoms with Gasteiger partial charge in [-0.25, -0.2) is 4.68 Å². The molecule has 0 aliphatic rings. The molecule has 5 nitrogen and oxygen atoms in total. The lowest BCUT2D eigenvalue weighted by Gasteiger charge is -2.11. The first-order chi connectivity index (χ1) is 10.7. The Kier molecular flexibility index (Phi) is 4.09. The van der Waals surface area contributed by atoms with Crippen molar-refractivity contribution in [3.63, 3.8) is 0 Å². The predicted octanol–water partition coefficient (Wildman–Crippen LogP) is 3.06. The quantitative estimate of drug-likeness (QED) is 0.803. The van der Waals surface area contributed by atoms with Crippen molar-refractivity contribution in [2.75, 3.05) is 7.11 Å². The molecule has 1 aromatic heterocycles. The lowest BCUT2D eigenvalue weighted by atomic mass is 10.1. The topological polar surface area (TPSA) is 66.0 Å². The van der Waals surface area contributed by atoms with Crippen LogP contribution in [0.15, 0.2) is 48.5 Å². The van der Waals surface area contributed by atoms with E-state index in [0.29, 0.717) is 17.3 Å². The number of benzene rings is 2. The summed E-state index contributed by atoms with van der Waals surface area (Å²) in [7, 11) is 1.64. The fourth-order valence-electron chi connectivity index (χ4n) is 2.32. The molecule has 0 aliphatic heterocycles. The molecular weight excluding hydrogens is 300 g/mol. The number of nitrogens with zero attached hydrogens (tertiary/aromatic N) is 3. The summed E-state index contributed by atoms with van der Waals surface area (Å²) in [6.45, 7) is 0.293. The van der Waals surface area contributed by atoms with Gasteiger partial charge in [-0.1, -0.05) is 28.9 Å². The van der Waals surface area contributed by atoms with Gasteiger partial charge in [0.1, 0.15) is 17.1 Å². The van der Waals surface area contributed by atoms with Gasteiger partial charge in [-0.3, -0.25) is 0 Å². The molecule has 0 aliphatic carbocycles. The van der Waals surface area contributed by atoms with Crippen molar-refractivity contribution in [1.82, 2.24) is 15.0 Å². The minimum Gasteiger partial charge on any atom is -0.496 e. The number of hydrogen-bond donors (Lipinski definition) is 1. The number of methoxy groups -OCH3 is 1. The fourth-order valence-corrected chi connectivity index (χ4v) is 2.45. The molecule has 0 saturated heterocycles. The maximum absolute atomic E-state index is 5.95. The Morgan fingerprint density at radius 3 is 2.55 bits per heavy atom. The first kappa shape index (κ1) is 14.6. The third kappa shape index (κ3) is 2.56. The molecule has 2 aromatic carbocycles. The Bertz CT molecular complexity index is 783. The van der Waals surface area contributed by atoms with E-state index >= 15 is 0 Å². The van der Waals surface area contributed by atoms with Gasteiger partial charge >= 0.3 is 0 Å². The monoisotopic (exact) mass is 314 g/mol. The third-order valence-electron chi connectivity index (χ3n) is 3.37. The van der Waals surface area contributed by atoms with Crippen molar-refractivity contribution in [2.24, 2.45) is 5.73 Å². The number of rotatable bonds is 4. The van der Waals surface area contributed by atoms with Gasteiger partial charge < -0.3 is 10.5 Å². The molecular formula is C16H15ClN4O. The largest absolute Gasteiger partial charge is 0.496 e. The standard InChI is InChI=1S/C16H15ClN4O/c1-22-15-5-3-2-4-13(15)16-14(10-18)19-20-21(16)12-8-6-11(17)7-9-12/h2-9H,10,18H2,1H3. The zero-order chi connectivity index (χ0) is 15.5. The molecule has 3 rings (SSSR count). The number of ether oxygens (including phenoxy) is 1. The van der Waals surface area contributed by atoms with Crippen LogP contribution in [0.3, 0.4) is 0 Å². The molecule has 112 valence electrons. The van der Waals surface area contributed by atoms with Crippen LogP contribution < -0.4 is 10.5 Å². The molecule has 6 heteroatoms. The Hall–Kier alpha value is -2.37. The zero-order valence-corrected chi connectivity index (χ0v) is 12.8. The highest BCUT2D eigenvalue weighted by Gasteiger charge is 2.18. The van der Waals surface area contributed by atoms with Crippen LogP contribution in [0, 0.1) is 0 Å². The molecule has 0 bridgehead atoms. The Morgan fingerprint density at radius 1 is 1.14 bits per heavy atom. The maximum Gasteiger partial charge on any atom is 0.128 e. The number of para-hydroxylation sites is 1. The van der Waals surface area contributed by atoms with Crippen molar-refractivity contribution in [2.45, 2.75) is 6.54 Å². The number of hydrogen-bond acceptors (Lipinski definition) is 4. The van der Waals surface area contributed by atoms with Gasteiger partial charge in [0.2, 0.25) is 0 Å². The summed E-state index contributed by atoms with van der Waals surface area (Å²) in [6, 6.07) is 15.1. The first-order valence-electron chi connectivity index (χ1n) is 6.78. The number of aromatic nitrogens is 3. The predicted molar refractivity (Wildman–Crippen MR) is 86.2 cm³/mol. The van der Waals surface area contributed by atoms with Crippen LogP contribution in [0.4, 0.5) is 0 Å². The Morgan fingerprint density at radius 2 is 1.86 bits per heavy atom. The summed E-state index contributed by atoms with van der Waals surface area (Å²) < 4.78 is 7.19. The molecule has 0 radical (unpaired) electrons. The normalized spacial score (nSPS) is 10.7. The fraction of sp³-hybridized carbons (Fsp3) is 0.125. The summed E-state index contributed by atoms with van der Waals surface area (Å²) in [6.07, 6.45) is 0. The number of halogens is 1. The van der Waals surface area contributed by atoms with Gasteiger partial charge in [0.05, 0.1) is 12.8 Å². The van der Waals surface area contributed by atoms with Gasteiger partial charge in [0, 0.05) is 17.1 Å². The van der Waals surface area contributed by atoms with Crippen LogP contribution in [-0.2, 0) is 6.54 Å². The number of nitrogens with two attached hydrogens (primary N) is 1. The van der Waals surface area contributed by atoms with E-state index in [4.69, 9.17) is 22.1 Å². The highest BCUT2D eigenvalue weighted by molar-refractivity contribution is 6.30.